The molecule has 1 amide bonds. The van der Waals surface area contributed by atoms with Crippen LogP contribution in [0.2, 0.25) is 0 Å². The molecule has 0 bridgehead atoms. The van der Waals surface area contributed by atoms with Crippen molar-refractivity contribution in [3.63, 3.8) is 0 Å². The van der Waals surface area contributed by atoms with Gasteiger partial charge in [-0.1, -0.05) is 12.8 Å². The summed E-state index contributed by atoms with van der Waals surface area (Å²) in [5.74, 6) is -1.64. The van der Waals surface area contributed by atoms with Gasteiger partial charge in [-0.15, -0.1) is 0 Å². The molecule has 0 spiro atoms. The zero-order chi connectivity index (χ0) is 22.1. The van der Waals surface area contributed by atoms with E-state index in [0.29, 0.717) is 11.4 Å². The normalized spacial score (nSPS) is 14.5. The van der Waals surface area contributed by atoms with E-state index in [0.717, 1.165) is 49.1 Å². The van der Waals surface area contributed by atoms with Gasteiger partial charge in [0.05, 0.1) is 5.56 Å². The highest BCUT2D eigenvalue weighted by Crippen LogP contribution is 2.37. The highest BCUT2D eigenvalue weighted by Gasteiger charge is 2.27. The zero-order valence-electron chi connectivity index (χ0n) is 16.6. The van der Waals surface area contributed by atoms with E-state index in [1.807, 2.05) is 18.4 Å². The Kier molecular flexibility index (Phi) is 6.00. The minimum atomic E-state index is -4.10. The number of hydrogen-bond donors (Lipinski definition) is 2. The lowest BCUT2D eigenvalue weighted by molar-refractivity contribution is -0.119. The molecule has 30 heavy (non-hydrogen) atoms. The Morgan fingerprint density at radius 2 is 2.00 bits per heavy atom. The van der Waals surface area contributed by atoms with Crippen molar-refractivity contribution in [2.75, 3.05) is 11.9 Å². The summed E-state index contributed by atoms with van der Waals surface area (Å²) in [4.78, 5) is 24.4. The summed E-state index contributed by atoms with van der Waals surface area (Å²) in [6.07, 6.45) is 4.08. The number of carbonyl (C=O) groups is 2. The van der Waals surface area contributed by atoms with E-state index in [-0.39, 0.29) is 6.04 Å². The molecule has 0 unspecified atom stereocenters. The SMILES string of the molecule is Cc1c(C#N)c(NC(=O)COC(=O)c2ccc(S(N)(=O)=O)o2)n(C2CCCC2)c1C. The van der Waals surface area contributed by atoms with E-state index in [1.165, 1.54) is 0 Å². The quantitative estimate of drug-likeness (QED) is 0.659. The van der Waals surface area contributed by atoms with Crippen LogP contribution >= 0.6 is 0 Å². The van der Waals surface area contributed by atoms with Crippen molar-refractivity contribution in [3.05, 3.63) is 34.7 Å². The maximum atomic E-state index is 12.4. The first-order chi connectivity index (χ1) is 14.1. The lowest BCUT2D eigenvalue weighted by Gasteiger charge is -2.19. The Hall–Kier alpha value is -3.10. The number of esters is 1. The van der Waals surface area contributed by atoms with Crippen LogP contribution in [0, 0.1) is 25.2 Å². The third-order valence-corrected chi connectivity index (χ3v) is 5.99. The number of nitrogens with two attached hydrogens (primary N) is 1. The Morgan fingerprint density at radius 1 is 1.33 bits per heavy atom. The summed E-state index contributed by atoms with van der Waals surface area (Å²) in [6.45, 7) is 3.10. The highest BCUT2D eigenvalue weighted by molar-refractivity contribution is 7.89. The van der Waals surface area contributed by atoms with Gasteiger partial charge in [-0.25, -0.2) is 18.4 Å². The third-order valence-electron chi connectivity index (χ3n) is 5.21. The molecule has 3 N–H and O–H groups in total. The van der Waals surface area contributed by atoms with Crippen LogP contribution in [-0.4, -0.2) is 31.5 Å². The zero-order valence-corrected chi connectivity index (χ0v) is 17.4. The number of nitrogens with zero attached hydrogens (tertiary/aromatic N) is 2. The number of anilines is 1. The van der Waals surface area contributed by atoms with Crippen molar-refractivity contribution in [1.82, 2.24) is 4.57 Å². The van der Waals surface area contributed by atoms with Crippen LogP contribution in [0.25, 0.3) is 0 Å². The Balaban J connectivity index is 1.72. The third kappa shape index (κ3) is 4.24. The van der Waals surface area contributed by atoms with Gasteiger partial charge in [0, 0.05) is 11.7 Å². The first-order valence-corrected chi connectivity index (χ1v) is 10.9. The first kappa shape index (κ1) is 21.6. The van der Waals surface area contributed by atoms with Crippen molar-refractivity contribution >= 4 is 27.7 Å². The summed E-state index contributed by atoms with van der Waals surface area (Å²) in [7, 11) is -4.10. The topological polar surface area (TPSA) is 157 Å². The molecule has 0 radical (unpaired) electrons. The number of carbonyl (C=O) groups excluding carboxylic acids is 2. The van der Waals surface area contributed by atoms with Gasteiger partial charge in [-0.05, 0) is 44.4 Å². The Bertz CT molecular complexity index is 1130. The average Bonchev–Trinajstić information content (AvgIpc) is 3.41. The lowest BCUT2D eigenvalue weighted by atomic mass is 10.2. The number of hydrogen-bond acceptors (Lipinski definition) is 7. The Morgan fingerprint density at radius 3 is 2.57 bits per heavy atom. The smallest absolute Gasteiger partial charge is 0.374 e. The van der Waals surface area contributed by atoms with Gasteiger partial charge in [0.1, 0.15) is 11.9 Å². The van der Waals surface area contributed by atoms with Crippen LogP contribution in [0.3, 0.4) is 0 Å². The molecule has 0 aromatic carbocycles. The molecule has 1 saturated carbocycles. The number of amides is 1. The van der Waals surface area contributed by atoms with Crippen LogP contribution in [0.1, 0.15) is 59.1 Å². The van der Waals surface area contributed by atoms with Crippen molar-refractivity contribution in [2.24, 2.45) is 5.14 Å². The van der Waals surface area contributed by atoms with Gasteiger partial charge in [0.15, 0.2) is 6.61 Å². The molecule has 1 aliphatic rings. The molecule has 0 aliphatic heterocycles. The second-order valence-corrected chi connectivity index (χ2v) is 8.63. The maximum Gasteiger partial charge on any atom is 0.374 e. The van der Waals surface area contributed by atoms with Crippen LogP contribution < -0.4 is 10.5 Å². The molecule has 1 aliphatic carbocycles. The highest BCUT2D eigenvalue weighted by atomic mass is 32.2. The minimum absolute atomic E-state index is 0.198. The van der Waals surface area contributed by atoms with Crippen molar-refractivity contribution in [2.45, 2.75) is 50.7 Å². The summed E-state index contributed by atoms with van der Waals surface area (Å²) in [5, 5.41) is 16.6. The second kappa shape index (κ2) is 8.33. The monoisotopic (exact) mass is 434 g/mol. The fourth-order valence-corrected chi connectivity index (χ4v) is 4.12. The summed E-state index contributed by atoms with van der Waals surface area (Å²) in [5.41, 5.74) is 2.09. The number of sulfonamides is 1. The van der Waals surface area contributed by atoms with E-state index in [4.69, 9.17) is 14.3 Å². The molecule has 1 fully saturated rings. The van der Waals surface area contributed by atoms with Crippen molar-refractivity contribution in [1.29, 1.82) is 5.26 Å². The van der Waals surface area contributed by atoms with Crippen molar-refractivity contribution < 1.29 is 27.2 Å². The van der Waals surface area contributed by atoms with E-state index >= 15 is 0 Å². The first-order valence-electron chi connectivity index (χ1n) is 9.34. The fraction of sp³-hybridized carbons (Fsp3) is 0.421. The second-order valence-electron chi connectivity index (χ2n) is 7.14. The molecule has 3 rings (SSSR count). The van der Waals surface area contributed by atoms with Crippen LogP contribution in [0.15, 0.2) is 21.6 Å². The molecule has 2 aromatic rings. The maximum absolute atomic E-state index is 12.4. The predicted octanol–water partition coefficient (Wildman–Crippen LogP) is 2.13. The number of primary sulfonamides is 1. The Labute approximate surface area is 173 Å². The summed E-state index contributed by atoms with van der Waals surface area (Å²) < 4.78 is 34.1. The standard InChI is InChI=1S/C19H22N4O6S/c1-11-12(2)23(13-5-3-4-6-13)18(14(11)9-20)22-16(24)10-28-19(25)15-7-8-17(29-15)30(21,26)27/h7-8,13H,3-6,10H2,1-2H3,(H,22,24)(H2,21,26,27). The lowest BCUT2D eigenvalue weighted by Crippen LogP contribution is -2.23. The molecule has 160 valence electrons. The van der Waals surface area contributed by atoms with E-state index < -0.39 is 39.4 Å². The minimum Gasteiger partial charge on any atom is -0.450 e. The fourth-order valence-electron chi connectivity index (χ4n) is 3.66. The van der Waals surface area contributed by atoms with Gasteiger partial charge in [-0.2, -0.15) is 5.26 Å². The number of nitrogens with one attached hydrogen (secondary N) is 1. The predicted molar refractivity (Wildman–Crippen MR) is 105 cm³/mol. The summed E-state index contributed by atoms with van der Waals surface area (Å²) in [6, 6.07) is 4.44. The van der Waals surface area contributed by atoms with Crippen LogP contribution in [0.5, 0.6) is 0 Å². The van der Waals surface area contributed by atoms with Gasteiger partial charge in [0.2, 0.25) is 10.9 Å². The molecule has 10 nitrogen and oxygen atoms in total. The number of rotatable bonds is 6. The van der Waals surface area contributed by atoms with Crippen LogP contribution in [0.4, 0.5) is 5.82 Å². The van der Waals surface area contributed by atoms with Crippen molar-refractivity contribution in [3.8, 4) is 6.07 Å². The molecule has 2 aromatic heterocycles. The molecule has 11 heteroatoms. The number of aromatic nitrogens is 1. The van der Waals surface area contributed by atoms with Gasteiger partial charge in [0.25, 0.3) is 15.9 Å². The molecule has 0 saturated heterocycles. The van der Waals surface area contributed by atoms with E-state index in [2.05, 4.69) is 11.4 Å². The van der Waals surface area contributed by atoms with E-state index in [1.54, 1.807) is 0 Å². The van der Waals surface area contributed by atoms with Gasteiger partial charge >= 0.3 is 5.97 Å². The molecule has 2 heterocycles. The van der Waals surface area contributed by atoms with E-state index in [9.17, 15) is 23.3 Å². The largest absolute Gasteiger partial charge is 0.450 e. The average molecular weight is 434 g/mol. The van der Waals surface area contributed by atoms with Gasteiger partial charge < -0.3 is 19.0 Å². The summed E-state index contributed by atoms with van der Waals surface area (Å²) >= 11 is 0. The number of ether oxygens (including phenoxy) is 1. The van der Waals surface area contributed by atoms with Gasteiger partial charge in [-0.3, -0.25) is 4.79 Å². The molecule has 0 atom stereocenters. The number of nitriles is 1. The number of furan rings is 1. The van der Waals surface area contributed by atoms with Crippen LogP contribution in [-0.2, 0) is 19.6 Å². The molecular weight excluding hydrogens is 412 g/mol. The molecular formula is C19H22N4O6S.